The summed E-state index contributed by atoms with van der Waals surface area (Å²) >= 11 is 0. The van der Waals surface area contributed by atoms with E-state index in [1.807, 2.05) is 6.07 Å². The highest BCUT2D eigenvalue weighted by Crippen LogP contribution is 2.40. The molecule has 0 unspecified atom stereocenters. The number of phenols is 1. The first-order valence-corrected chi connectivity index (χ1v) is 8.69. The maximum Gasteiger partial charge on any atom is 0.295 e. The molecule has 0 saturated heterocycles. The van der Waals surface area contributed by atoms with Gasteiger partial charge in [0.2, 0.25) is 0 Å². The first-order chi connectivity index (χ1) is 12.3. The molecule has 0 aliphatic carbocycles. The highest BCUT2D eigenvalue weighted by atomic mass is 32.2. The second kappa shape index (κ2) is 6.44. The fourth-order valence-electron chi connectivity index (χ4n) is 2.45. The van der Waals surface area contributed by atoms with E-state index >= 15 is 0 Å². The lowest BCUT2D eigenvalue weighted by Gasteiger charge is -2.10. The van der Waals surface area contributed by atoms with Crippen LogP contribution in [0.5, 0.6) is 5.75 Å². The summed E-state index contributed by atoms with van der Waals surface area (Å²) in [5.41, 5.74) is 6.86. The predicted molar refractivity (Wildman–Crippen MR) is 95.2 cm³/mol. The topological polar surface area (TPSA) is 149 Å². The zero-order valence-electron chi connectivity index (χ0n) is 13.2. The van der Waals surface area contributed by atoms with Gasteiger partial charge in [0.25, 0.3) is 10.1 Å². The first-order valence-electron chi connectivity index (χ1n) is 7.25. The van der Waals surface area contributed by atoms with E-state index in [1.54, 1.807) is 24.3 Å². The second-order valence-electron chi connectivity index (χ2n) is 5.34. The number of nitriles is 1. The molecule has 0 atom stereocenters. The molecule has 0 radical (unpaired) electrons. The molecule has 0 aromatic heterocycles. The van der Waals surface area contributed by atoms with E-state index in [0.29, 0.717) is 11.3 Å². The summed E-state index contributed by atoms with van der Waals surface area (Å²) in [6.07, 6.45) is 0. The fraction of sp³-hybridized carbons (Fsp3) is 0. The molecule has 26 heavy (non-hydrogen) atoms. The van der Waals surface area contributed by atoms with Crippen LogP contribution in [0.2, 0.25) is 0 Å². The SMILES string of the molecule is N#Cc1ccc(N=Nc2cc(S(=O)(=O)O)c3cccc(O)c3c2N)cc1. The number of nitrogen functional groups attached to an aromatic ring is 1. The van der Waals surface area contributed by atoms with Crippen LogP contribution in [0.3, 0.4) is 0 Å². The highest BCUT2D eigenvalue weighted by molar-refractivity contribution is 7.86. The Kier molecular flexibility index (Phi) is 4.29. The summed E-state index contributed by atoms with van der Waals surface area (Å²) in [5, 5.41) is 26.8. The van der Waals surface area contributed by atoms with E-state index in [9.17, 15) is 18.1 Å². The van der Waals surface area contributed by atoms with Gasteiger partial charge in [-0.25, -0.2) is 0 Å². The van der Waals surface area contributed by atoms with Gasteiger partial charge in [-0.05, 0) is 36.4 Å². The molecule has 0 amide bonds. The lowest BCUT2D eigenvalue weighted by atomic mass is 10.1. The number of anilines is 1. The molecule has 130 valence electrons. The van der Waals surface area contributed by atoms with Gasteiger partial charge in [-0.3, -0.25) is 4.55 Å². The minimum absolute atomic E-state index is 0.0166. The quantitative estimate of drug-likeness (QED) is 0.365. The zero-order chi connectivity index (χ0) is 18.9. The smallest absolute Gasteiger partial charge is 0.295 e. The molecule has 0 spiro atoms. The van der Waals surface area contributed by atoms with Gasteiger partial charge >= 0.3 is 0 Å². The van der Waals surface area contributed by atoms with Crippen molar-refractivity contribution in [2.45, 2.75) is 4.90 Å². The van der Waals surface area contributed by atoms with E-state index in [2.05, 4.69) is 10.2 Å². The molecular weight excluding hydrogens is 356 g/mol. The van der Waals surface area contributed by atoms with Gasteiger partial charge < -0.3 is 10.8 Å². The Bertz CT molecular complexity index is 1180. The van der Waals surface area contributed by atoms with Crippen molar-refractivity contribution in [1.29, 1.82) is 5.26 Å². The molecule has 3 aromatic carbocycles. The number of azo groups is 1. The standard InChI is InChI=1S/C17H12N4O4S/c18-9-10-4-6-11(7-5-10)20-21-13-8-15(26(23,24)25)12-2-1-3-14(22)16(12)17(13)19/h1-8,22H,19H2,(H,23,24,25). The maximum atomic E-state index is 11.7. The molecular formula is C17H12N4O4S. The van der Waals surface area contributed by atoms with Gasteiger partial charge in [0.1, 0.15) is 16.3 Å². The zero-order valence-corrected chi connectivity index (χ0v) is 14.0. The summed E-state index contributed by atoms with van der Waals surface area (Å²) in [5.74, 6) is -0.250. The molecule has 9 heteroatoms. The number of benzene rings is 3. The third-order valence-corrected chi connectivity index (χ3v) is 4.56. The van der Waals surface area contributed by atoms with Gasteiger partial charge in [-0.15, -0.1) is 5.11 Å². The molecule has 3 rings (SSSR count). The monoisotopic (exact) mass is 368 g/mol. The van der Waals surface area contributed by atoms with Crippen molar-refractivity contribution in [3.63, 3.8) is 0 Å². The lowest BCUT2D eigenvalue weighted by molar-refractivity contribution is 0.481. The Morgan fingerprint density at radius 2 is 1.77 bits per heavy atom. The Morgan fingerprint density at radius 3 is 2.38 bits per heavy atom. The second-order valence-corrected chi connectivity index (χ2v) is 6.73. The van der Waals surface area contributed by atoms with Crippen molar-refractivity contribution in [3.8, 4) is 11.8 Å². The van der Waals surface area contributed by atoms with Crippen LogP contribution in [0.1, 0.15) is 5.56 Å². The molecule has 4 N–H and O–H groups in total. The van der Waals surface area contributed by atoms with Crippen molar-refractivity contribution in [3.05, 3.63) is 54.1 Å². The molecule has 0 saturated carbocycles. The number of hydrogen-bond donors (Lipinski definition) is 3. The Hall–Kier alpha value is -3.48. The van der Waals surface area contributed by atoms with Crippen LogP contribution in [0.25, 0.3) is 10.8 Å². The average Bonchev–Trinajstić information content (AvgIpc) is 2.60. The van der Waals surface area contributed by atoms with Crippen molar-refractivity contribution in [2.24, 2.45) is 10.2 Å². The third-order valence-electron chi connectivity index (χ3n) is 3.67. The molecule has 0 heterocycles. The van der Waals surface area contributed by atoms with Crippen molar-refractivity contribution in [1.82, 2.24) is 0 Å². The van der Waals surface area contributed by atoms with Crippen molar-refractivity contribution in [2.75, 3.05) is 5.73 Å². The maximum absolute atomic E-state index is 11.7. The van der Waals surface area contributed by atoms with Crippen LogP contribution in [-0.2, 0) is 10.1 Å². The average molecular weight is 368 g/mol. The van der Waals surface area contributed by atoms with Crippen molar-refractivity contribution < 1.29 is 18.1 Å². The van der Waals surface area contributed by atoms with Gasteiger partial charge in [0, 0.05) is 5.39 Å². The first kappa shape index (κ1) is 17.3. The predicted octanol–water partition coefficient (Wildman–Crippen LogP) is 3.66. The van der Waals surface area contributed by atoms with Crippen LogP contribution in [0, 0.1) is 11.3 Å². The van der Waals surface area contributed by atoms with E-state index in [0.717, 1.165) is 6.07 Å². The van der Waals surface area contributed by atoms with Gasteiger partial charge in [-0.2, -0.15) is 18.8 Å². The molecule has 0 aliphatic rings. The van der Waals surface area contributed by atoms with E-state index < -0.39 is 15.0 Å². The minimum Gasteiger partial charge on any atom is -0.507 e. The van der Waals surface area contributed by atoms with Crippen LogP contribution in [-0.4, -0.2) is 18.1 Å². The molecule has 0 bridgehead atoms. The molecule has 0 aliphatic heterocycles. The Balaban J connectivity index is 2.20. The van der Waals surface area contributed by atoms with Gasteiger partial charge in [0.15, 0.2) is 0 Å². The number of aromatic hydroxyl groups is 1. The van der Waals surface area contributed by atoms with Gasteiger partial charge in [0.05, 0.1) is 28.4 Å². The van der Waals surface area contributed by atoms with E-state index in [-0.39, 0.29) is 27.9 Å². The summed E-state index contributed by atoms with van der Waals surface area (Å²) in [6.45, 7) is 0. The summed E-state index contributed by atoms with van der Waals surface area (Å²) in [6, 6.07) is 13.5. The Morgan fingerprint density at radius 1 is 1.08 bits per heavy atom. The molecule has 8 nitrogen and oxygen atoms in total. The summed E-state index contributed by atoms with van der Waals surface area (Å²) in [7, 11) is -4.58. The molecule has 0 fully saturated rings. The van der Waals surface area contributed by atoms with E-state index in [4.69, 9.17) is 11.0 Å². The minimum atomic E-state index is -4.58. The van der Waals surface area contributed by atoms with Crippen molar-refractivity contribution >= 4 is 38.0 Å². The molecule has 3 aromatic rings. The highest BCUT2D eigenvalue weighted by Gasteiger charge is 2.20. The Labute approximate surface area is 148 Å². The summed E-state index contributed by atoms with van der Waals surface area (Å²) < 4.78 is 32.9. The van der Waals surface area contributed by atoms with Crippen LogP contribution in [0.4, 0.5) is 17.1 Å². The van der Waals surface area contributed by atoms with Crippen LogP contribution < -0.4 is 5.73 Å². The van der Waals surface area contributed by atoms with Crippen LogP contribution >= 0.6 is 0 Å². The van der Waals surface area contributed by atoms with Gasteiger partial charge in [-0.1, -0.05) is 12.1 Å². The third kappa shape index (κ3) is 3.19. The lowest BCUT2D eigenvalue weighted by Crippen LogP contribution is -2.01. The number of phenolic OH excluding ortho intramolecular Hbond substituents is 1. The number of hydrogen-bond acceptors (Lipinski definition) is 7. The number of nitrogens with two attached hydrogens (primary N) is 1. The normalized spacial score (nSPS) is 11.7. The van der Waals surface area contributed by atoms with E-state index in [1.165, 1.54) is 18.2 Å². The number of fused-ring (bicyclic) bond motifs is 1. The largest absolute Gasteiger partial charge is 0.507 e. The van der Waals surface area contributed by atoms with Crippen LogP contribution in [0.15, 0.2) is 63.7 Å². The fourth-order valence-corrected chi connectivity index (χ4v) is 3.16. The number of rotatable bonds is 3. The summed E-state index contributed by atoms with van der Waals surface area (Å²) in [4.78, 5) is -0.439. The number of nitrogens with zero attached hydrogens (tertiary/aromatic N) is 3.